The van der Waals surface area contributed by atoms with E-state index >= 15 is 0 Å². The monoisotopic (exact) mass is 368 g/mol. The Bertz CT molecular complexity index is 867. The fraction of sp³-hybridized carbons (Fsp3) is 0.0526. The van der Waals surface area contributed by atoms with E-state index in [4.69, 9.17) is 0 Å². The summed E-state index contributed by atoms with van der Waals surface area (Å²) in [4.78, 5) is 0. The van der Waals surface area contributed by atoms with Gasteiger partial charge in [0.15, 0.2) is 0 Å². The lowest BCUT2D eigenvalue weighted by atomic mass is 9.93. The zero-order valence-electron chi connectivity index (χ0n) is 11.2. The molecule has 0 aliphatic carbocycles. The van der Waals surface area contributed by atoms with Gasteiger partial charge >= 0.3 is 0 Å². The summed E-state index contributed by atoms with van der Waals surface area (Å²) in [5.41, 5.74) is 1.31. The Morgan fingerprint density at radius 3 is 1.85 bits per heavy atom. The normalized spacial score (nSPS) is 11.5. The summed E-state index contributed by atoms with van der Waals surface area (Å²) in [6.45, 7) is 2.16. The third-order valence-electron chi connectivity index (χ3n) is 3.95. The average molecular weight is 368 g/mol. The predicted molar refractivity (Wildman–Crippen MR) is 96.4 cm³/mol. The molecule has 0 unspecified atom stereocenters. The third kappa shape index (κ3) is 1.73. The lowest BCUT2D eigenvalue weighted by Crippen LogP contribution is -1.84. The van der Waals surface area contributed by atoms with Gasteiger partial charge in [-0.1, -0.05) is 54.1 Å². The molecule has 0 N–H and O–H groups in total. The van der Waals surface area contributed by atoms with E-state index < -0.39 is 0 Å². The highest BCUT2D eigenvalue weighted by Gasteiger charge is 2.08. The van der Waals surface area contributed by atoms with Gasteiger partial charge < -0.3 is 0 Å². The summed E-state index contributed by atoms with van der Waals surface area (Å²) in [5.74, 6) is 0. The highest BCUT2D eigenvalue weighted by molar-refractivity contribution is 14.1. The average Bonchev–Trinajstić information content (AvgIpc) is 2.47. The smallest absolute Gasteiger partial charge is 0.0136 e. The van der Waals surface area contributed by atoms with Crippen molar-refractivity contribution in [1.82, 2.24) is 0 Å². The first-order valence-electron chi connectivity index (χ1n) is 6.74. The zero-order chi connectivity index (χ0) is 13.7. The Balaban J connectivity index is 2.40. The Labute approximate surface area is 131 Å². The van der Waals surface area contributed by atoms with E-state index in [2.05, 4.69) is 90.2 Å². The fourth-order valence-corrected chi connectivity index (χ4v) is 3.53. The molecule has 96 valence electrons. The Hall–Kier alpha value is -1.61. The van der Waals surface area contributed by atoms with Crippen LogP contribution in [0, 0.1) is 10.5 Å². The topological polar surface area (TPSA) is 0 Å². The van der Waals surface area contributed by atoms with E-state index in [1.807, 2.05) is 0 Å². The molecular weight excluding hydrogens is 355 g/mol. The minimum Gasteiger partial charge on any atom is -0.0616 e. The van der Waals surface area contributed by atoms with Crippen LogP contribution < -0.4 is 0 Å². The van der Waals surface area contributed by atoms with Crippen LogP contribution in [0.1, 0.15) is 5.56 Å². The molecule has 0 bridgehead atoms. The van der Waals surface area contributed by atoms with E-state index in [9.17, 15) is 0 Å². The first-order valence-corrected chi connectivity index (χ1v) is 7.82. The van der Waals surface area contributed by atoms with Crippen LogP contribution in [-0.4, -0.2) is 0 Å². The summed E-state index contributed by atoms with van der Waals surface area (Å²) in [6, 6.07) is 22.2. The quantitative estimate of drug-likeness (QED) is 0.261. The molecule has 0 heterocycles. The third-order valence-corrected chi connectivity index (χ3v) is 4.63. The second-order valence-electron chi connectivity index (χ2n) is 5.28. The number of halogens is 1. The maximum absolute atomic E-state index is 2.39. The Morgan fingerprint density at radius 2 is 1.15 bits per heavy atom. The lowest BCUT2D eigenvalue weighted by Gasteiger charge is -2.11. The van der Waals surface area contributed by atoms with Crippen LogP contribution in [0.3, 0.4) is 0 Å². The van der Waals surface area contributed by atoms with Crippen molar-refractivity contribution in [2.75, 3.05) is 0 Å². The summed E-state index contributed by atoms with van der Waals surface area (Å²) in [5, 5.41) is 8.10. The molecule has 0 aliphatic heterocycles. The number of rotatable bonds is 0. The lowest BCUT2D eigenvalue weighted by molar-refractivity contribution is 1.51. The van der Waals surface area contributed by atoms with Gasteiger partial charge in [-0.15, -0.1) is 0 Å². The molecule has 0 aliphatic rings. The number of hydrogen-bond donors (Lipinski definition) is 0. The van der Waals surface area contributed by atoms with Gasteiger partial charge in [0.05, 0.1) is 0 Å². The molecule has 0 saturated heterocycles. The van der Waals surface area contributed by atoms with Crippen molar-refractivity contribution in [2.45, 2.75) is 6.92 Å². The SMILES string of the molecule is Cc1ccc2c3ccc(I)cc3c3ccccc3c2c1. The van der Waals surface area contributed by atoms with Crippen LogP contribution in [0.15, 0.2) is 60.7 Å². The predicted octanol–water partition coefficient (Wildman–Crippen LogP) is 6.06. The van der Waals surface area contributed by atoms with Gasteiger partial charge in [-0.2, -0.15) is 0 Å². The number of hydrogen-bond acceptors (Lipinski definition) is 0. The number of benzene rings is 4. The van der Waals surface area contributed by atoms with Crippen LogP contribution in [0.4, 0.5) is 0 Å². The van der Waals surface area contributed by atoms with Gasteiger partial charge in [-0.05, 0) is 74.0 Å². The maximum Gasteiger partial charge on any atom is 0.0136 e. The molecule has 0 nitrogen and oxygen atoms in total. The first kappa shape index (κ1) is 12.2. The molecule has 0 amide bonds. The summed E-state index contributed by atoms with van der Waals surface area (Å²) >= 11 is 2.39. The zero-order valence-corrected chi connectivity index (χ0v) is 13.3. The minimum absolute atomic E-state index is 1.28. The molecular formula is C19H13I. The second-order valence-corrected chi connectivity index (χ2v) is 6.53. The van der Waals surface area contributed by atoms with Crippen molar-refractivity contribution in [3.05, 3.63) is 69.8 Å². The molecule has 0 radical (unpaired) electrons. The number of fused-ring (bicyclic) bond motifs is 6. The van der Waals surface area contributed by atoms with Crippen LogP contribution in [0.2, 0.25) is 0 Å². The largest absolute Gasteiger partial charge is 0.0616 e. The van der Waals surface area contributed by atoms with Crippen molar-refractivity contribution in [3.63, 3.8) is 0 Å². The molecule has 4 rings (SSSR count). The Kier molecular flexibility index (Phi) is 2.71. The highest BCUT2D eigenvalue weighted by Crippen LogP contribution is 2.35. The molecule has 0 saturated carbocycles. The molecule has 1 heteroatoms. The fourth-order valence-electron chi connectivity index (χ4n) is 3.04. The molecule has 0 aromatic heterocycles. The van der Waals surface area contributed by atoms with Crippen molar-refractivity contribution in [1.29, 1.82) is 0 Å². The van der Waals surface area contributed by atoms with Gasteiger partial charge in [0.2, 0.25) is 0 Å². The van der Waals surface area contributed by atoms with Gasteiger partial charge in [0.25, 0.3) is 0 Å². The van der Waals surface area contributed by atoms with Crippen molar-refractivity contribution < 1.29 is 0 Å². The molecule has 4 aromatic carbocycles. The molecule has 4 aromatic rings. The summed E-state index contributed by atoms with van der Waals surface area (Å²) < 4.78 is 1.28. The van der Waals surface area contributed by atoms with E-state index in [0.29, 0.717) is 0 Å². The van der Waals surface area contributed by atoms with Crippen molar-refractivity contribution in [2.24, 2.45) is 0 Å². The van der Waals surface area contributed by atoms with E-state index in [1.165, 1.54) is 41.5 Å². The van der Waals surface area contributed by atoms with E-state index in [0.717, 1.165) is 0 Å². The minimum atomic E-state index is 1.28. The highest BCUT2D eigenvalue weighted by atomic mass is 127. The van der Waals surface area contributed by atoms with Crippen molar-refractivity contribution in [3.8, 4) is 0 Å². The van der Waals surface area contributed by atoms with Crippen LogP contribution >= 0.6 is 22.6 Å². The summed E-state index contributed by atoms with van der Waals surface area (Å²) in [6.07, 6.45) is 0. The second kappa shape index (κ2) is 4.45. The first-order chi connectivity index (χ1) is 9.74. The molecule has 0 spiro atoms. The van der Waals surface area contributed by atoms with Gasteiger partial charge in [0, 0.05) is 3.57 Å². The molecule has 0 atom stereocenters. The van der Waals surface area contributed by atoms with Crippen LogP contribution in [0.5, 0.6) is 0 Å². The van der Waals surface area contributed by atoms with Crippen LogP contribution in [0.25, 0.3) is 32.3 Å². The van der Waals surface area contributed by atoms with E-state index in [-0.39, 0.29) is 0 Å². The maximum atomic E-state index is 2.39. The van der Waals surface area contributed by atoms with Gasteiger partial charge in [-0.25, -0.2) is 0 Å². The van der Waals surface area contributed by atoms with Gasteiger partial charge in [-0.3, -0.25) is 0 Å². The van der Waals surface area contributed by atoms with Crippen molar-refractivity contribution >= 4 is 54.9 Å². The van der Waals surface area contributed by atoms with Crippen LogP contribution in [-0.2, 0) is 0 Å². The molecule has 20 heavy (non-hydrogen) atoms. The summed E-state index contributed by atoms with van der Waals surface area (Å²) in [7, 11) is 0. The molecule has 0 fully saturated rings. The number of aryl methyl sites for hydroxylation is 1. The van der Waals surface area contributed by atoms with E-state index in [1.54, 1.807) is 0 Å². The van der Waals surface area contributed by atoms with Gasteiger partial charge in [0.1, 0.15) is 0 Å². The Morgan fingerprint density at radius 1 is 0.600 bits per heavy atom. The standard InChI is InChI=1S/C19H13I/c1-12-6-8-16-17-9-7-13(20)11-19(17)15-5-3-2-4-14(15)18(16)10-12/h2-11H,1H3.